The van der Waals surface area contributed by atoms with Crippen LogP contribution in [0.5, 0.6) is 0 Å². The average molecular weight is 417 g/mol. The largest absolute Gasteiger partial charge is 0.330 e. The summed E-state index contributed by atoms with van der Waals surface area (Å²) in [6.07, 6.45) is 2.35. The lowest BCUT2D eigenvalue weighted by Gasteiger charge is -2.11. The van der Waals surface area contributed by atoms with E-state index in [-0.39, 0.29) is 29.3 Å². The van der Waals surface area contributed by atoms with Crippen molar-refractivity contribution >= 4 is 45.4 Å². The Balaban J connectivity index is 0.00000243. The molecule has 1 aromatic heterocycles. The van der Waals surface area contributed by atoms with Gasteiger partial charge in [0.15, 0.2) is 0 Å². The highest BCUT2D eigenvalue weighted by Crippen LogP contribution is 2.25. The Morgan fingerprint density at radius 2 is 2.12 bits per heavy atom. The third-order valence-corrected chi connectivity index (χ3v) is 6.35. The SMILES string of the molecule is Cc1ccc(NC(=O)c2csc(CCN)n2)cc1S(=O)(=O)NC1CC1.Cl. The number of hydrogen-bond donors (Lipinski definition) is 3. The Bertz CT molecular complexity index is 895. The molecule has 0 bridgehead atoms. The van der Waals surface area contributed by atoms with Gasteiger partial charge >= 0.3 is 0 Å². The van der Waals surface area contributed by atoms with Crippen LogP contribution in [0.3, 0.4) is 0 Å². The topological polar surface area (TPSA) is 114 Å². The molecular formula is C16H21ClN4O3S2. The van der Waals surface area contributed by atoms with Crippen LogP contribution in [-0.2, 0) is 16.4 Å². The van der Waals surface area contributed by atoms with E-state index in [1.54, 1.807) is 24.4 Å². The maximum Gasteiger partial charge on any atom is 0.275 e. The number of aryl methyl sites for hydroxylation is 1. The van der Waals surface area contributed by atoms with Gasteiger partial charge in [0.1, 0.15) is 5.69 Å². The zero-order valence-electron chi connectivity index (χ0n) is 14.2. The fraction of sp³-hybridized carbons (Fsp3) is 0.375. The number of halogens is 1. The first-order valence-electron chi connectivity index (χ1n) is 7.98. The molecule has 142 valence electrons. The van der Waals surface area contributed by atoms with E-state index in [4.69, 9.17) is 5.73 Å². The van der Waals surface area contributed by atoms with Crippen LogP contribution in [0, 0.1) is 6.92 Å². The van der Waals surface area contributed by atoms with Gasteiger partial charge in [0, 0.05) is 23.5 Å². The summed E-state index contributed by atoms with van der Waals surface area (Å²) >= 11 is 1.38. The number of amides is 1. The van der Waals surface area contributed by atoms with Gasteiger partial charge in [-0.1, -0.05) is 6.07 Å². The number of rotatable bonds is 7. The zero-order chi connectivity index (χ0) is 18.0. The molecule has 1 heterocycles. The summed E-state index contributed by atoms with van der Waals surface area (Å²) in [4.78, 5) is 16.7. The van der Waals surface area contributed by atoms with Crippen molar-refractivity contribution in [1.29, 1.82) is 0 Å². The van der Waals surface area contributed by atoms with E-state index in [1.165, 1.54) is 17.4 Å². The van der Waals surface area contributed by atoms with Gasteiger partial charge in [0.05, 0.1) is 9.90 Å². The number of benzene rings is 1. The highest BCUT2D eigenvalue weighted by atomic mass is 35.5. The van der Waals surface area contributed by atoms with Crippen molar-refractivity contribution in [2.45, 2.75) is 37.1 Å². The van der Waals surface area contributed by atoms with Crippen LogP contribution in [0.4, 0.5) is 5.69 Å². The quantitative estimate of drug-likeness (QED) is 0.639. The molecule has 0 spiro atoms. The lowest BCUT2D eigenvalue weighted by Crippen LogP contribution is -2.26. The normalized spacial score (nSPS) is 13.9. The summed E-state index contributed by atoms with van der Waals surface area (Å²) in [5.41, 5.74) is 6.83. The van der Waals surface area contributed by atoms with Crippen LogP contribution in [0.15, 0.2) is 28.5 Å². The van der Waals surface area contributed by atoms with Crippen molar-refractivity contribution in [3.8, 4) is 0 Å². The molecule has 0 radical (unpaired) electrons. The molecule has 0 saturated heterocycles. The highest BCUT2D eigenvalue weighted by molar-refractivity contribution is 7.89. The third-order valence-electron chi connectivity index (χ3n) is 3.78. The third kappa shape index (κ3) is 5.01. The number of carbonyl (C=O) groups is 1. The highest BCUT2D eigenvalue weighted by Gasteiger charge is 2.29. The second kappa shape index (κ2) is 8.45. The maximum absolute atomic E-state index is 12.4. The average Bonchev–Trinajstić information content (AvgIpc) is 3.22. The maximum atomic E-state index is 12.4. The van der Waals surface area contributed by atoms with Crippen molar-refractivity contribution in [2.24, 2.45) is 5.73 Å². The van der Waals surface area contributed by atoms with Crippen LogP contribution in [0.1, 0.15) is 33.9 Å². The Kier molecular flexibility index (Phi) is 6.75. The molecule has 1 amide bonds. The second-order valence-electron chi connectivity index (χ2n) is 6.00. The van der Waals surface area contributed by atoms with Crippen molar-refractivity contribution in [2.75, 3.05) is 11.9 Å². The minimum atomic E-state index is -3.58. The predicted octanol–water partition coefficient (Wildman–Crippen LogP) is 2.07. The number of nitrogens with two attached hydrogens (primary N) is 1. The lowest BCUT2D eigenvalue weighted by molar-refractivity contribution is 0.102. The number of thiazole rings is 1. The Morgan fingerprint density at radius 1 is 1.38 bits per heavy atom. The van der Waals surface area contributed by atoms with Gasteiger partial charge in [0.2, 0.25) is 10.0 Å². The predicted molar refractivity (Wildman–Crippen MR) is 105 cm³/mol. The Morgan fingerprint density at radius 3 is 2.77 bits per heavy atom. The molecule has 2 aromatic rings. The van der Waals surface area contributed by atoms with Gasteiger partial charge in [-0.3, -0.25) is 4.79 Å². The monoisotopic (exact) mass is 416 g/mol. The summed E-state index contributed by atoms with van der Waals surface area (Å²) < 4.78 is 27.5. The molecule has 1 aliphatic rings. The zero-order valence-corrected chi connectivity index (χ0v) is 16.6. The van der Waals surface area contributed by atoms with Gasteiger partial charge in [-0.15, -0.1) is 23.7 Å². The molecule has 10 heteroatoms. The van der Waals surface area contributed by atoms with Gasteiger partial charge in [-0.2, -0.15) is 0 Å². The smallest absolute Gasteiger partial charge is 0.275 e. The number of nitrogens with one attached hydrogen (secondary N) is 2. The molecule has 1 fully saturated rings. The molecule has 1 saturated carbocycles. The lowest BCUT2D eigenvalue weighted by atomic mass is 10.2. The standard InChI is InChI=1S/C16H20N4O3S2.ClH/c1-10-2-3-12(8-14(10)25(22,23)20-11-4-5-11)18-16(21)13-9-24-15(19-13)6-7-17;/h2-3,8-9,11,20H,4-7,17H2,1H3,(H,18,21);1H. The molecule has 0 unspecified atom stereocenters. The first-order chi connectivity index (χ1) is 11.9. The first-order valence-corrected chi connectivity index (χ1v) is 10.3. The fourth-order valence-corrected chi connectivity index (χ4v) is 4.67. The minimum absolute atomic E-state index is 0. The van der Waals surface area contributed by atoms with Crippen LogP contribution in [0.2, 0.25) is 0 Å². The van der Waals surface area contributed by atoms with E-state index < -0.39 is 10.0 Å². The second-order valence-corrected chi connectivity index (χ2v) is 8.62. The summed E-state index contributed by atoms with van der Waals surface area (Å²) in [5, 5.41) is 5.17. The van der Waals surface area contributed by atoms with Crippen LogP contribution < -0.4 is 15.8 Å². The summed E-state index contributed by atoms with van der Waals surface area (Å²) in [7, 11) is -3.58. The van der Waals surface area contributed by atoms with Crippen molar-refractivity contribution in [3.63, 3.8) is 0 Å². The number of aromatic nitrogens is 1. The van der Waals surface area contributed by atoms with E-state index in [0.29, 0.717) is 29.9 Å². The Labute approximate surface area is 162 Å². The molecule has 1 aliphatic carbocycles. The fourth-order valence-electron chi connectivity index (χ4n) is 2.30. The molecule has 4 N–H and O–H groups in total. The molecule has 26 heavy (non-hydrogen) atoms. The van der Waals surface area contributed by atoms with Crippen molar-refractivity contribution in [3.05, 3.63) is 39.8 Å². The van der Waals surface area contributed by atoms with E-state index >= 15 is 0 Å². The molecule has 0 atom stereocenters. The number of nitrogens with zero attached hydrogens (tertiary/aromatic N) is 1. The summed E-state index contributed by atoms with van der Waals surface area (Å²) in [6, 6.07) is 4.86. The molecule has 3 rings (SSSR count). The van der Waals surface area contributed by atoms with E-state index in [0.717, 1.165) is 17.8 Å². The first kappa shape index (κ1) is 20.8. The molecule has 0 aliphatic heterocycles. The number of hydrogen-bond acceptors (Lipinski definition) is 6. The van der Waals surface area contributed by atoms with Crippen molar-refractivity contribution in [1.82, 2.24) is 9.71 Å². The van der Waals surface area contributed by atoms with Crippen LogP contribution in [-0.4, -0.2) is 31.9 Å². The number of anilines is 1. The van der Waals surface area contributed by atoms with Crippen LogP contribution >= 0.6 is 23.7 Å². The van der Waals surface area contributed by atoms with Gasteiger partial charge in [0.25, 0.3) is 5.91 Å². The van der Waals surface area contributed by atoms with E-state index in [9.17, 15) is 13.2 Å². The van der Waals surface area contributed by atoms with Gasteiger partial charge < -0.3 is 11.1 Å². The molecular weight excluding hydrogens is 396 g/mol. The van der Waals surface area contributed by atoms with Crippen molar-refractivity contribution < 1.29 is 13.2 Å². The molecule has 1 aromatic carbocycles. The number of sulfonamides is 1. The molecule has 7 nitrogen and oxygen atoms in total. The summed E-state index contributed by atoms with van der Waals surface area (Å²) in [5.74, 6) is -0.373. The number of carbonyl (C=O) groups excluding carboxylic acids is 1. The van der Waals surface area contributed by atoms with E-state index in [1.807, 2.05) is 0 Å². The summed E-state index contributed by atoms with van der Waals surface area (Å²) in [6.45, 7) is 2.20. The van der Waals surface area contributed by atoms with E-state index in [2.05, 4.69) is 15.0 Å². The minimum Gasteiger partial charge on any atom is -0.330 e. The Hall–Kier alpha value is -1.52. The van der Waals surface area contributed by atoms with Gasteiger partial charge in [-0.05, 0) is 44.0 Å². The van der Waals surface area contributed by atoms with Crippen LogP contribution in [0.25, 0.3) is 0 Å². The van der Waals surface area contributed by atoms with Gasteiger partial charge in [-0.25, -0.2) is 18.1 Å².